The Morgan fingerprint density at radius 2 is 2.29 bits per heavy atom. The van der Waals surface area contributed by atoms with E-state index in [1.165, 1.54) is 4.90 Å². The van der Waals surface area contributed by atoms with Crippen LogP contribution in [0, 0.1) is 0 Å². The van der Waals surface area contributed by atoms with Crippen molar-refractivity contribution < 1.29 is 19.4 Å². The van der Waals surface area contributed by atoms with Crippen LogP contribution in [0.15, 0.2) is 0 Å². The van der Waals surface area contributed by atoms with Gasteiger partial charge < -0.3 is 20.5 Å². The SMILES string of the molecule is CCCCC(N)C(=O)N1CCOC(C(=O)O)C1. The molecule has 6 heteroatoms. The molecular weight excluding hydrogens is 224 g/mol. The number of hydrogen-bond acceptors (Lipinski definition) is 4. The molecule has 0 bridgehead atoms. The molecule has 6 nitrogen and oxygen atoms in total. The van der Waals surface area contributed by atoms with E-state index < -0.39 is 18.1 Å². The molecule has 1 fully saturated rings. The van der Waals surface area contributed by atoms with Crippen molar-refractivity contribution in [1.82, 2.24) is 4.90 Å². The predicted molar refractivity (Wildman–Crippen MR) is 61.5 cm³/mol. The number of amides is 1. The van der Waals surface area contributed by atoms with E-state index in [0.29, 0.717) is 13.0 Å². The summed E-state index contributed by atoms with van der Waals surface area (Å²) < 4.78 is 5.05. The molecule has 1 heterocycles. The molecule has 1 saturated heterocycles. The number of ether oxygens (including phenoxy) is 1. The van der Waals surface area contributed by atoms with Crippen LogP contribution in [-0.4, -0.2) is 53.7 Å². The Morgan fingerprint density at radius 1 is 1.59 bits per heavy atom. The molecule has 0 radical (unpaired) electrons. The molecule has 17 heavy (non-hydrogen) atoms. The maximum Gasteiger partial charge on any atom is 0.334 e. The number of nitrogens with two attached hydrogens (primary N) is 1. The van der Waals surface area contributed by atoms with Gasteiger partial charge in [-0.25, -0.2) is 4.79 Å². The summed E-state index contributed by atoms with van der Waals surface area (Å²) in [7, 11) is 0. The van der Waals surface area contributed by atoms with Crippen LogP contribution >= 0.6 is 0 Å². The van der Waals surface area contributed by atoms with Crippen molar-refractivity contribution in [3.8, 4) is 0 Å². The highest BCUT2D eigenvalue weighted by molar-refractivity contribution is 5.82. The van der Waals surface area contributed by atoms with E-state index in [1.54, 1.807) is 0 Å². The predicted octanol–water partition coefficient (Wildman–Crippen LogP) is -0.184. The van der Waals surface area contributed by atoms with E-state index in [0.717, 1.165) is 12.8 Å². The summed E-state index contributed by atoms with van der Waals surface area (Å²) >= 11 is 0. The summed E-state index contributed by atoms with van der Waals surface area (Å²) in [5.41, 5.74) is 5.78. The zero-order valence-electron chi connectivity index (χ0n) is 10.1. The molecule has 2 unspecified atom stereocenters. The smallest absolute Gasteiger partial charge is 0.334 e. The lowest BCUT2D eigenvalue weighted by atomic mass is 10.1. The number of carbonyl (C=O) groups is 2. The summed E-state index contributed by atoms with van der Waals surface area (Å²) in [6.45, 7) is 2.80. The Labute approximate surface area is 101 Å². The molecule has 0 spiro atoms. The van der Waals surface area contributed by atoms with Crippen LogP contribution in [0.5, 0.6) is 0 Å². The number of unbranched alkanes of at least 4 members (excludes halogenated alkanes) is 1. The number of carboxylic acids is 1. The molecular formula is C11H20N2O4. The third-order valence-electron chi connectivity index (χ3n) is 2.84. The largest absolute Gasteiger partial charge is 0.479 e. The van der Waals surface area contributed by atoms with Crippen LogP contribution in [0.3, 0.4) is 0 Å². The summed E-state index contributed by atoms with van der Waals surface area (Å²) in [4.78, 5) is 24.2. The van der Waals surface area contributed by atoms with Crippen molar-refractivity contribution in [2.45, 2.75) is 38.3 Å². The van der Waals surface area contributed by atoms with Crippen LogP contribution in [-0.2, 0) is 14.3 Å². The zero-order chi connectivity index (χ0) is 12.8. The van der Waals surface area contributed by atoms with Gasteiger partial charge in [-0.15, -0.1) is 0 Å². The van der Waals surface area contributed by atoms with Gasteiger partial charge in [0.05, 0.1) is 19.2 Å². The number of morpholine rings is 1. The summed E-state index contributed by atoms with van der Waals surface area (Å²) in [6, 6.07) is -0.525. The molecule has 1 rings (SSSR count). The number of rotatable bonds is 5. The van der Waals surface area contributed by atoms with Gasteiger partial charge in [0.1, 0.15) is 0 Å². The first-order valence-electron chi connectivity index (χ1n) is 5.95. The fourth-order valence-corrected chi connectivity index (χ4v) is 1.78. The molecule has 3 N–H and O–H groups in total. The Hall–Kier alpha value is -1.14. The summed E-state index contributed by atoms with van der Waals surface area (Å²) in [6.07, 6.45) is 1.61. The van der Waals surface area contributed by atoms with Gasteiger partial charge in [-0.05, 0) is 6.42 Å². The first-order valence-corrected chi connectivity index (χ1v) is 5.95. The second-order valence-electron chi connectivity index (χ2n) is 4.23. The fourth-order valence-electron chi connectivity index (χ4n) is 1.78. The maximum atomic E-state index is 11.9. The molecule has 0 aromatic carbocycles. The fraction of sp³-hybridized carbons (Fsp3) is 0.818. The van der Waals surface area contributed by atoms with Gasteiger partial charge >= 0.3 is 5.97 Å². The highest BCUT2D eigenvalue weighted by Gasteiger charge is 2.30. The zero-order valence-corrected chi connectivity index (χ0v) is 10.1. The Kier molecular flexibility index (Phi) is 5.37. The normalized spacial score (nSPS) is 22.2. The molecule has 0 saturated carbocycles. The molecule has 0 aromatic heterocycles. The molecule has 0 aromatic rings. The van der Waals surface area contributed by atoms with Crippen LogP contribution in [0.25, 0.3) is 0 Å². The standard InChI is InChI=1S/C11H20N2O4/c1-2-3-4-8(12)10(14)13-5-6-17-9(7-13)11(15)16/h8-9H,2-7,12H2,1H3,(H,15,16). The van der Waals surface area contributed by atoms with Gasteiger partial charge in [0.2, 0.25) is 5.91 Å². The van der Waals surface area contributed by atoms with Crippen LogP contribution in [0.4, 0.5) is 0 Å². The first-order chi connectivity index (χ1) is 8.06. The van der Waals surface area contributed by atoms with E-state index in [-0.39, 0.29) is 19.1 Å². The lowest BCUT2D eigenvalue weighted by Gasteiger charge is -2.32. The van der Waals surface area contributed by atoms with Gasteiger partial charge in [-0.2, -0.15) is 0 Å². The monoisotopic (exact) mass is 244 g/mol. The van der Waals surface area contributed by atoms with E-state index in [4.69, 9.17) is 15.6 Å². The Balaban J connectivity index is 2.48. The second-order valence-corrected chi connectivity index (χ2v) is 4.23. The van der Waals surface area contributed by atoms with Gasteiger partial charge in [0, 0.05) is 6.54 Å². The van der Waals surface area contributed by atoms with E-state index in [1.807, 2.05) is 6.92 Å². The molecule has 98 valence electrons. The van der Waals surface area contributed by atoms with Crippen molar-refractivity contribution in [2.24, 2.45) is 5.73 Å². The van der Waals surface area contributed by atoms with E-state index in [9.17, 15) is 9.59 Å². The van der Waals surface area contributed by atoms with Crippen molar-refractivity contribution in [2.75, 3.05) is 19.7 Å². The minimum Gasteiger partial charge on any atom is -0.479 e. The third-order valence-corrected chi connectivity index (χ3v) is 2.84. The third kappa shape index (κ3) is 3.98. The van der Waals surface area contributed by atoms with Crippen LogP contribution < -0.4 is 5.73 Å². The molecule has 1 aliphatic heterocycles. The van der Waals surface area contributed by atoms with Crippen molar-refractivity contribution in [3.63, 3.8) is 0 Å². The summed E-state index contributed by atoms with van der Waals surface area (Å²) in [5.74, 6) is -1.21. The van der Waals surface area contributed by atoms with Gasteiger partial charge in [0.15, 0.2) is 6.10 Å². The second kappa shape index (κ2) is 6.56. The van der Waals surface area contributed by atoms with Gasteiger partial charge in [-0.1, -0.05) is 19.8 Å². The highest BCUT2D eigenvalue weighted by Crippen LogP contribution is 2.09. The minimum atomic E-state index is -1.04. The quantitative estimate of drug-likeness (QED) is 0.699. The maximum absolute atomic E-state index is 11.9. The molecule has 1 amide bonds. The Bertz CT molecular complexity index is 283. The topological polar surface area (TPSA) is 92.9 Å². The Morgan fingerprint density at radius 3 is 2.88 bits per heavy atom. The lowest BCUT2D eigenvalue weighted by molar-refractivity contribution is -0.159. The number of hydrogen-bond donors (Lipinski definition) is 2. The lowest BCUT2D eigenvalue weighted by Crippen LogP contribution is -2.53. The molecule has 2 atom stereocenters. The van der Waals surface area contributed by atoms with Crippen molar-refractivity contribution in [1.29, 1.82) is 0 Å². The average Bonchev–Trinajstić information content (AvgIpc) is 2.35. The van der Waals surface area contributed by atoms with Gasteiger partial charge in [-0.3, -0.25) is 4.79 Å². The van der Waals surface area contributed by atoms with E-state index >= 15 is 0 Å². The highest BCUT2D eigenvalue weighted by atomic mass is 16.5. The minimum absolute atomic E-state index is 0.0913. The first kappa shape index (κ1) is 13.9. The van der Waals surface area contributed by atoms with Crippen LogP contribution in [0.1, 0.15) is 26.2 Å². The molecule has 1 aliphatic rings. The van der Waals surface area contributed by atoms with E-state index in [2.05, 4.69) is 0 Å². The van der Waals surface area contributed by atoms with Crippen molar-refractivity contribution in [3.05, 3.63) is 0 Å². The van der Waals surface area contributed by atoms with Crippen LogP contribution in [0.2, 0.25) is 0 Å². The number of nitrogens with zero attached hydrogens (tertiary/aromatic N) is 1. The average molecular weight is 244 g/mol. The van der Waals surface area contributed by atoms with Gasteiger partial charge in [0.25, 0.3) is 0 Å². The van der Waals surface area contributed by atoms with Crippen molar-refractivity contribution >= 4 is 11.9 Å². The molecule has 0 aliphatic carbocycles. The number of aliphatic carboxylic acids is 1. The number of carbonyl (C=O) groups excluding carboxylic acids is 1. The number of carboxylic acid groups (broad SMARTS) is 1. The summed E-state index contributed by atoms with van der Waals surface area (Å²) in [5, 5.41) is 8.82.